The van der Waals surface area contributed by atoms with Gasteiger partial charge in [0.2, 0.25) is 0 Å². The first kappa shape index (κ1) is 10.7. The maximum atomic E-state index is 2.89. The van der Waals surface area contributed by atoms with Gasteiger partial charge in [-0.25, -0.2) is 0 Å². The largest absolute Gasteiger partial charge is 2.00 e. The van der Waals surface area contributed by atoms with Crippen LogP contribution in [-0.4, -0.2) is 0 Å². The quantitative estimate of drug-likeness (QED) is 0.389. The van der Waals surface area contributed by atoms with Gasteiger partial charge < -0.3 is 7.43 Å². The third-order valence-corrected chi connectivity index (χ3v) is 0.607. The SMILES string of the molecule is [CH3-].[Fe+2].[c-]1ccccc1. The summed E-state index contributed by atoms with van der Waals surface area (Å²) in [4.78, 5) is 0. The van der Waals surface area contributed by atoms with E-state index in [1.807, 2.05) is 30.3 Å². The van der Waals surface area contributed by atoms with Crippen molar-refractivity contribution in [1.29, 1.82) is 0 Å². The van der Waals surface area contributed by atoms with E-state index in [2.05, 4.69) is 6.07 Å². The number of benzene rings is 1. The van der Waals surface area contributed by atoms with Gasteiger partial charge in [0.05, 0.1) is 0 Å². The number of hydrogen-bond donors (Lipinski definition) is 0. The molecular weight excluding hydrogens is 140 g/mol. The first-order chi connectivity index (χ1) is 3.00. The Bertz CT molecular complexity index is 76.3. The minimum atomic E-state index is 0. The average Bonchev–Trinajstić information content (AvgIpc) is 1.72. The molecule has 0 aliphatic carbocycles. The minimum Gasteiger partial charge on any atom is -0.358 e. The zero-order chi connectivity index (χ0) is 4.24. The van der Waals surface area contributed by atoms with Crippen LogP contribution in [0.1, 0.15) is 0 Å². The van der Waals surface area contributed by atoms with E-state index in [0.717, 1.165) is 0 Å². The molecule has 0 saturated heterocycles. The van der Waals surface area contributed by atoms with Crippen molar-refractivity contribution < 1.29 is 17.1 Å². The van der Waals surface area contributed by atoms with E-state index in [9.17, 15) is 0 Å². The normalized spacial score (nSPS) is 6.00. The Morgan fingerprint density at radius 1 is 0.875 bits per heavy atom. The van der Waals surface area contributed by atoms with E-state index in [0.29, 0.717) is 0 Å². The van der Waals surface area contributed by atoms with Crippen molar-refractivity contribution in [2.45, 2.75) is 0 Å². The van der Waals surface area contributed by atoms with Crippen molar-refractivity contribution >= 4 is 0 Å². The maximum Gasteiger partial charge on any atom is 2.00 e. The van der Waals surface area contributed by atoms with Crippen molar-refractivity contribution in [2.75, 3.05) is 0 Å². The van der Waals surface area contributed by atoms with E-state index >= 15 is 0 Å². The van der Waals surface area contributed by atoms with Crippen LogP contribution in [0.2, 0.25) is 0 Å². The molecule has 8 heavy (non-hydrogen) atoms. The topological polar surface area (TPSA) is 0 Å². The fourth-order valence-electron chi connectivity index (χ4n) is 0.342. The van der Waals surface area contributed by atoms with Gasteiger partial charge in [-0.3, -0.25) is 0 Å². The van der Waals surface area contributed by atoms with E-state index < -0.39 is 0 Å². The maximum absolute atomic E-state index is 2.89. The van der Waals surface area contributed by atoms with Gasteiger partial charge in [-0.15, -0.1) is 0 Å². The summed E-state index contributed by atoms with van der Waals surface area (Å²) in [6.45, 7) is 0. The summed E-state index contributed by atoms with van der Waals surface area (Å²) in [5.41, 5.74) is 0. The Hall–Kier alpha value is -0.261. The molecule has 0 bridgehead atoms. The first-order valence-electron chi connectivity index (χ1n) is 1.91. The molecule has 1 heteroatoms. The van der Waals surface area contributed by atoms with Crippen LogP contribution >= 0.6 is 0 Å². The van der Waals surface area contributed by atoms with E-state index in [1.165, 1.54) is 0 Å². The summed E-state index contributed by atoms with van der Waals surface area (Å²) >= 11 is 0. The van der Waals surface area contributed by atoms with Crippen LogP contribution in [0.5, 0.6) is 0 Å². The molecule has 0 unspecified atom stereocenters. The molecule has 0 aliphatic rings. The Morgan fingerprint density at radius 3 is 1.50 bits per heavy atom. The predicted molar refractivity (Wildman–Crippen MR) is 31.7 cm³/mol. The van der Waals surface area contributed by atoms with E-state index in [-0.39, 0.29) is 24.5 Å². The molecule has 44 valence electrons. The summed E-state index contributed by atoms with van der Waals surface area (Å²) in [6, 6.07) is 12.5. The van der Waals surface area contributed by atoms with Crippen molar-refractivity contribution in [1.82, 2.24) is 0 Å². The average molecular weight is 148 g/mol. The Morgan fingerprint density at radius 2 is 1.38 bits per heavy atom. The minimum absolute atomic E-state index is 0. The third kappa shape index (κ3) is 3.91. The van der Waals surface area contributed by atoms with Crippen molar-refractivity contribution in [3.63, 3.8) is 0 Å². The van der Waals surface area contributed by atoms with Crippen molar-refractivity contribution in [3.05, 3.63) is 43.8 Å². The Balaban J connectivity index is 0. The number of rotatable bonds is 0. The van der Waals surface area contributed by atoms with Crippen LogP contribution in [0, 0.1) is 13.5 Å². The first-order valence-corrected chi connectivity index (χ1v) is 1.91. The Labute approximate surface area is 61.4 Å². The van der Waals surface area contributed by atoms with Gasteiger partial charge in [0.1, 0.15) is 0 Å². The smallest absolute Gasteiger partial charge is 0.358 e. The number of hydrogen-bond acceptors (Lipinski definition) is 0. The molecule has 0 heterocycles. The molecule has 0 aromatic heterocycles. The molecule has 0 N–H and O–H groups in total. The van der Waals surface area contributed by atoms with Crippen LogP contribution in [-0.2, 0) is 17.1 Å². The molecule has 0 radical (unpaired) electrons. The second-order valence-electron chi connectivity index (χ2n) is 1.08. The molecule has 0 aliphatic heterocycles. The summed E-state index contributed by atoms with van der Waals surface area (Å²) in [5.74, 6) is 0. The van der Waals surface area contributed by atoms with Gasteiger partial charge in [-0.2, -0.15) is 36.4 Å². The summed E-state index contributed by atoms with van der Waals surface area (Å²) < 4.78 is 0. The van der Waals surface area contributed by atoms with Gasteiger partial charge >= 0.3 is 17.1 Å². The molecule has 0 atom stereocenters. The molecule has 0 amide bonds. The van der Waals surface area contributed by atoms with Crippen LogP contribution in [0.3, 0.4) is 0 Å². The second kappa shape index (κ2) is 6.74. The molecule has 1 aromatic rings. The summed E-state index contributed by atoms with van der Waals surface area (Å²) in [7, 11) is 0. The fourth-order valence-corrected chi connectivity index (χ4v) is 0.342. The molecule has 0 saturated carbocycles. The van der Waals surface area contributed by atoms with Crippen molar-refractivity contribution in [2.24, 2.45) is 0 Å². The zero-order valence-electron chi connectivity index (χ0n) is 4.74. The molecule has 0 fully saturated rings. The second-order valence-corrected chi connectivity index (χ2v) is 1.08. The molecule has 0 spiro atoms. The van der Waals surface area contributed by atoms with Gasteiger partial charge in [-0.05, 0) is 0 Å². The zero-order valence-corrected chi connectivity index (χ0v) is 5.84. The molecule has 1 aromatic carbocycles. The predicted octanol–water partition coefficient (Wildman–Crippen LogP) is 1.93. The van der Waals surface area contributed by atoms with Gasteiger partial charge in [0.15, 0.2) is 0 Å². The standard InChI is InChI=1S/C6H5.CH3.Fe/c1-2-4-6-5-3-1;;/h1-5H;1H3;/q2*-1;+2. The van der Waals surface area contributed by atoms with E-state index in [4.69, 9.17) is 0 Å². The monoisotopic (exact) mass is 148 g/mol. The van der Waals surface area contributed by atoms with Crippen LogP contribution in [0.15, 0.2) is 30.3 Å². The van der Waals surface area contributed by atoms with Gasteiger partial charge in [0, 0.05) is 0 Å². The fraction of sp³-hybridized carbons (Fsp3) is 0. The van der Waals surface area contributed by atoms with Crippen LogP contribution in [0.25, 0.3) is 0 Å². The van der Waals surface area contributed by atoms with Gasteiger partial charge in [-0.1, -0.05) is 0 Å². The molecule has 1 rings (SSSR count). The molecule has 0 nitrogen and oxygen atoms in total. The van der Waals surface area contributed by atoms with E-state index in [1.54, 1.807) is 0 Å². The van der Waals surface area contributed by atoms with Crippen molar-refractivity contribution in [3.8, 4) is 0 Å². The molecular formula is C7H8Fe. The van der Waals surface area contributed by atoms with Crippen LogP contribution in [0.4, 0.5) is 0 Å². The summed E-state index contributed by atoms with van der Waals surface area (Å²) in [5, 5.41) is 0. The third-order valence-electron chi connectivity index (χ3n) is 0.607. The van der Waals surface area contributed by atoms with Crippen LogP contribution < -0.4 is 0 Å². The Kier molecular flexibility index (Phi) is 8.99. The van der Waals surface area contributed by atoms with Gasteiger partial charge in [0.25, 0.3) is 0 Å². The summed E-state index contributed by atoms with van der Waals surface area (Å²) in [6.07, 6.45) is 0.